The Balaban J connectivity index is 0.00000364. The Labute approximate surface area is 180 Å². The largest absolute Gasteiger partial charge is 0.497 e. The highest BCUT2D eigenvalue weighted by Gasteiger charge is 2.07. The summed E-state index contributed by atoms with van der Waals surface area (Å²) in [5, 5.41) is 9.77. The number of rotatable bonds is 8. The molecular weight excluding hydrogens is 483 g/mol. The number of carbonyl (C=O) groups excluding carboxylic acids is 1. The van der Waals surface area contributed by atoms with E-state index in [9.17, 15) is 4.79 Å². The van der Waals surface area contributed by atoms with Crippen molar-refractivity contribution in [1.82, 2.24) is 16.0 Å². The second-order valence-electron chi connectivity index (χ2n) is 5.37. The van der Waals surface area contributed by atoms with Gasteiger partial charge < -0.3 is 25.1 Å². The standard InChI is InChI=1S/C18H23ClN4O3.HI/c1-20-18(23-10-9-21-17(24)16-4-3-11-26-16)22-8-7-13-5-6-14(25-2)12-15(13)19;/h3-6,11-12H,7-10H2,1-2H3,(H,21,24)(H2,20,22,23);1H. The molecule has 2 aromatic rings. The second kappa shape index (κ2) is 12.4. The molecule has 1 amide bonds. The first-order valence-corrected chi connectivity index (χ1v) is 8.60. The van der Waals surface area contributed by atoms with Crippen LogP contribution in [0.15, 0.2) is 46.0 Å². The van der Waals surface area contributed by atoms with Gasteiger partial charge >= 0.3 is 0 Å². The van der Waals surface area contributed by atoms with Crippen LogP contribution >= 0.6 is 35.6 Å². The van der Waals surface area contributed by atoms with Gasteiger partial charge in [0.1, 0.15) is 5.75 Å². The number of nitrogens with one attached hydrogen (secondary N) is 3. The first-order chi connectivity index (χ1) is 12.6. The minimum atomic E-state index is -0.242. The third kappa shape index (κ3) is 7.67. The highest BCUT2D eigenvalue weighted by atomic mass is 127. The van der Waals surface area contributed by atoms with Crippen LogP contribution in [0.3, 0.4) is 0 Å². The van der Waals surface area contributed by atoms with Gasteiger partial charge in [0.15, 0.2) is 11.7 Å². The fraction of sp³-hybridized carbons (Fsp3) is 0.333. The van der Waals surface area contributed by atoms with Crippen molar-refractivity contribution in [3.63, 3.8) is 0 Å². The number of halogens is 2. The van der Waals surface area contributed by atoms with Gasteiger partial charge in [-0.05, 0) is 36.2 Å². The highest BCUT2D eigenvalue weighted by Crippen LogP contribution is 2.22. The van der Waals surface area contributed by atoms with Gasteiger partial charge in [0, 0.05) is 31.7 Å². The maximum absolute atomic E-state index is 11.7. The average molecular weight is 507 g/mol. The van der Waals surface area contributed by atoms with Crippen molar-refractivity contribution in [1.29, 1.82) is 0 Å². The number of hydrogen-bond acceptors (Lipinski definition) is 4. The van der Waals surface area contributed by atoms with Crippen LogP contribution in [0.4, 0.5) is 0 Å². The molecule has 0 saturated heterocycles. The quantitative estimate of drug-likeness (QED) is 0.222. The number of ether oxygens (including phenoxy) is 1. The Hall–Kier alpha value is -1.94. The number of aliphatic imine (C=N–C) groups is 1. The molecule has 0 radical (unpaired) electrons. The zero-order chi connectivity index (χ0) is 18.8. The smallest absolute Gasteiger partial charge is 0.287 e. The van der Waals surface area contributed by atoms with Crippen molar-refractivity contribution in [2.24, 2.45) is 4.99 Å². The minimum absolute atomic E-state index is 0. The zero-order valence-corrected chi connectivity index (χ0v) is 18.3. The van der Waals surface area contributed by atoms with Crippen LogP contribution in [0.2, 0.25) is 5.02 Å². The number of hydrogen-bond donors (Lipinski definition) is 3. The van der Waals surface area contributed by atoms with E-state index in [1.807, 2.05) is 12.1 Å². The van der Waals surface area contributed by atoms with E-state index in [-0.39, 0.29) is 29.9 Å². The number of guanidine groups is 1. The molecule has 0 atom stereocenters. The Morgan fingerprint density at radius 2 is 1.93 bits per heavy atom. The first kappa shape index (κ1) is 23.1. The SMILES string of the molecule is CN=C(NCCNC(=O)c1ccco1)NCCc1ccc(OC)cc1Cl.I. The number of amides is 1. The average Bonchev–Trinajstić information content (AvgIpc) is 3.19. The fourth-order valence-corrected chi connectivity index (χ4v) is 2.51. The summed E-state index contributed by atoms with van der Waals surface area (Å²) in [5.41, 5.74) is 1.03. The lowest BCUT2D eigenvalue weighted by Crippen LogP contribution is -2.42. The Morgan fingerprint density at radius 1 is 1.19 bits per heavy atom. The lowest BCUT2D eigenvalue weighted by atomic mass is 10.1. The highest BCUT2D eigenvalue weighted by molar-refractivity contribution is 14.0. The first-order valence-electron chi connectivity index (χ1n) is 8.22. The summed E-state index contributed by atoms with van der Waals surface area (Å²) in [7, 11) is 3.30. The summed E-state index contributed by atoms with van der Waals surface area (Å²) in [6.45, 7) is 1.66. The fourth-order valence-electron chi connectivity index (χ4n) is 2.25. The van der Waals surface area contributed by atoms with E-state index in [0.717, 1.165) is 17.7 Å². The van der Waals surface area contributed by atoms with Crippen molar-refractivity contribution in [2.45, 2.75) is 6.42 Å². The molecule has 3 N–H and O–H groups in total. The molecule has 2 rings (SSSR count). The molecular formula is C18H24ClIN4O3. The molecule has 0 saturated carbocycles. The van der Waals surface area contributed by atoms with Gasteiger partial charge in [0.05, 0.1) is 13.4 Å². The van der Waals surface area contributed by atoms with Crippen molar-refractivity contribution in [3.05, 3.63) is 52.9 Å². The molecule has 0 spiro atoms. The summed E-state index contributed by atoms with van der Waals surface area (Å²) >= 11 is 6.23. The van der Waals surface area contributed by atoms with Crippen molar-refractivity contribution < 1.29 is 13.9 Å². The van der Waals surface area contributed by atoms with E-state index < -0.39 is 0 Å². The normalized spacial score (nSPS) is 10.7. The van der Waals surface area contributed by atoms with Crippen LogP contribution in [0.25, 0.3) is 0 Å². The third-order valence-corrected chi connectivity index (χ3v) is 3.97. The van der Waals surface area contributed by atoms with Crippen LogP contribution < -0.4 is 20.7 Å². The monoisotopic (exact) mass is 506 g/mol. The van der Waals surface area contributed by atoms with Gasteiger partial charge in [-0.1, -0.05) is 17.7 Å². The van der Waals surface area contributed by atoms with Gasteiger partial charge in [-0.3, -0.25) is 9.79 Å². The lowest BCUT2D eigenvalue weighted by molar-refractivity contribution is 0.0926. The summed E-state index contributed by atoms with van der Waals surface area (Å²) in [6, 6.07) is 8.92. The number of furan rings is 1. The van der Waals surface area contributed by atoms with Crippen LogP contribution in [-0.2, 0) is 6.42 Å². The van der Waals surface area contributed by atoms with Crippen LogP contribution in [-0.4, -0.2) is 45.7 Å². The molecule has 1 aromatic heterocycles. The second-order valence-corrected chi connectivity index (χ2v) is 5.77. The molecule has 9 heteroatoms. The summed E-state index contributed by atoms with van der Waals surface area (Å²) in [5.74, 6) is 1.44. The van der Waals surface area contributed by atoms with E-state index in [1.165, 1.54) is 6.26 Å². The number of nitrogens with zero attached hydrogens (tertiary/aromatic N) is 1. The zero-order valence-electron chi connectivity index (χ0n) is 15.3. The van der Waals surface area contributed by atoms with E-state index in [1.54, 1.807) is 32.4 Å². The topological polar surface area (TPSA) is 87.9 Å². The molecule has 0 aliphatic carbocycles. The van der Waals surface area contributed by atoms with E-state index in [0.29, 0.717) is 36.4 Å². The molecule has 0 fully saturated rings. The minimum Gasteiger partial charge on any atom is -0.497 e. The third-order valence-electron chi connectivity index (χ3n) is 3.62. The maximum atomic E-state index is 11.7. The Morgan fingerprint density at radius 3 is 2.56 bits per heavy atom. The summed E-state index contributed by atoms with van der Waals surface area (Å²) < 4.78 is 10.2. The molecule has 1 heterocycles. The summed E-state index contributed by atoms with van der Waals surface area (Å²) in [6.07, 6.45) is 2.22. The molecule has 27 heavy (non-hydrogen) atoms. The van der Waals surface area contributed by atoms with Crippen LogP contribution in [0.5, 0.6) is 5.75 Å². The van der Waals surface area contributed by atoms with Crippen molar-refractivity contribution >= 4 is 47.4 Å². The molecule has 7 nitrogen and oxygen atoms in total. The van der Waals surface area contributed by atoms with Gasteiger partial charge in [0.25, 0.3) is 5.91 Å². The number of methoxy groups -OCH3 is 1. The predicted octanol–water partition coefficient (Wildman–Crippen LogP) is 2.70. The van der Waals surface area contributed by atoms with Crippen molar-refractivity contribution in [3.8, 4) is 5.75 Å². The van der Waals surface area contributed by atoms with Crippen molar-refractivity contribution in [2.75, 3.05) is 33.8 Å². The van der Waals surface area contributed by atoms with E-state index in [4.69, 9.17) is 20.8 Å². The van der Waals surface area contributed by atoms with E-state index in [2.05, 4.69) is 20.9 Å². The van der Waals surface area contributed by atoms with Crippen LogP contribution in [0, 0.1) is 0 Å². The molecule has 0 aliphatic rings. The Bertz CT molecular complexity index is 738. The molecule has 148 valence electrons. The molecule has 0 bridgehead atoms. The Kier molecular flexibility index (Phi) is 10.6. The van der Waals surface area contributed by atoms with Crippen LogP contribution in [0.1, 0.15) is 16.1 Å². The predicted molar refractivity (Wildman–Crippen MR) is 118 cm³/mol. The molecule has 0 aliphatic heterocycles. The molecule has 1 aromatic carbocycles. The maximum Gasteiger partial charge on any atom is 0.287 e. The number of carbonyl (C=O) groups is 1. The van der Waals surface area contributed by atoms with Gasteiger partial charge in [-0.25, -0.2) is 0 Å². The van der Waals surface area contributed by atoms with E-state index >= 15 is 0 Å². The lowest BCUT2D eigenvalue weighted by Gasteiger charge is -2.13. The van der Waals surface area contributed by atoms with Gasteiger partial charge in [-0.2, -0.15) is 0 Å². The van der Waals surface area contributed by atoms with Gasteiger partial charge in [-0.15, -0.1) is 24.0 Å². The molecule has 0 unspecified atom stereocenters. The summed E-state index contributed by atoms with van der Waals surface area (Å²) in [4.78, 5) is 15.9. The van der Waals surface area contributed by atoms with Gasteiger partial charge in [0.2, 0.25) is 0 Å². The number of benzene rings is 1.